The molecule has 0 aliphatic carbocycles. The van der Waals surface area contributed by atoms with E-state index in [9.17, 15) is 0 Å². The summed E-state index contributed by atoms with van der Waals surface area (Å²) < 4.78 is 0. The molecule has 0 fully saturated rings. The summed E-state index contributed by atoms with van der Waals surface area (Å²) in [6.45, 7) is 2.40. The molecule has 0 saturated heterocycles. The average Bonchev–Trinajstić information content (AvgIpc) is 2.21. The van der Waals surface area contributed by atoms with Gasteiger partial charge in [0.1, 0.15) is 0 Å². The van der Waals surface area contributed by atoms with E-state index < -0.39 is 0 Å². The van der Waals surface area contributed by atoms with Crippen LogP contribution in [0.3, 0.4) is 0 Å². The molecule has 0 aliphatic rings. The minimum Gasteiger partial charge on any atom is -0.334 e. The zero-order chi connectivity index (χ0) is 11.3. The Morgan fingerprint density at radius 3 is 2.93 bits per heavy atom. The van der Waals surface area contributed by atoms with Crippen LogP contribution < -0.4 is 11.1 Å². The first-order chi connectivity index (χ1) is 7.19. The molecular weight excluding hydrogens is 230 g/mol. The Morgan fingerprint density at radius 2 is 2.33 bits per heavy atom. The van der Waals surface area contributed by atoms with E-state index in [0.717, 1.165) is 17.0 Å². The summed E-state index contributed by atoms with van der Waals surface area (Å²) in [4.78, 5) is 0. The Morgan fingerprint density at radius 1 is 1.60 bits per heavy atom. The van der Waals surface area contributed by atoms with Crippen LogP contribution in [0.4, 0.5) is 5.69 Å². The first-order valence-corrected chi connectivity index (χ1v) is 6.01. The van der Waals surface area contributed by atoms with Crippen LogP contribution in [0.5, 0.6) is 0 Å². The maximum absolute atomic E-state index is 7.61. The topological polar surface area (TPSA) is 61.9 Å². The molecule has 0 amide bonds. The van der Waals surface area contributed by atoms with Gasteiger partial charge in [-0.1, -0.05) is 42.4 Å². The first kappa shape index (κ1) is 12.4. The normalized spacial score (nSPS) is 10.1. The SMILES string of the molecule is CCSC(=N)Nc1cccc(CN)c1Cl. The first-order valence-electron chi connectivity index (χ1n) is 4.64. The van der Waals surface area contributed by atoms with E-state index in [2.05, 4.69) is 5.32 Å². The van der Waals surface area contributed by atoms with Gasteiger partial charge in [0.15, 0.2) is 5.17 Å². The number of anilines is 1. The van der Waals surface area contributed by atoms with Gasteiger partial charge in [0.25, 0.3) is 0 Å². The van der Waals surface area contributed by atoms with Gasteiger partial charge in [-0.25, -0.2) is 0 Å². The lowest BCUT2D eigenvalue weighted by Gasteiger charge is -2.10. The second kappa shape index (κ2) is 6.00. The maximum atomic E-state index is 7.61. The summed E-state index contributed by atoms with van der Waals surface area (Å²) in [5, 5.41) is 11.6. The molecule has 1 rings (SSSR count). The van der Waals surface area contributed by atoms with Crippen molar-refractivity contribution < 1.29 is 0 Å². The predicted molar refractivity (Wildman–Crippen MR) is 68.8 cm³/mol. The number of amidine groups is 1. The minimum atomic E-state index is 0.397. The van der Waals surface area contributed by atoms with Gasteiger partial charge in [-0.2, -0.15) is 0 Å². The standard InChI is InChI=1S/C10H14ClN3S/c1-2-15-10(13)14-8-5-3-4-7(6-12)9(8)11/h3-5H,2,6,12H2,1H3,(H2,13,14). The van der Waals surface area contributed by atoms with Crippen LogP contribution in [0.25, 0.3) is 0 Å². The lowest BCUT2D eigenvalue weighted by Crippen LogP contribution is -2.08. The van der Waals surface area contributed by atoms with Crippen molar-refractivity contribution in [3.05, 3.63) is 28.8 Å². The monoisotopic (exact) mass is 243 g/mol. The Kier molecular flexibility index (Phi) is 4.94. The molecular formula is C10H14ClN3S. The van der Waals surface area contributed by atoms with Gasteiger partial charge < -0.3 is 11.1 Å². The molecule has 0 bridgehead atoms. The highest BCUT2D eigenvalue weighted by Gasteiger charge is 2.05. The van der Waals surface area contributed by atoms with E-state index in [1.807, 2.05) is 25.1 Å². The second-order valence-electron chi connectivity index (χ2n) is 2.87. The van der Waals surface area contributed by atoms with E-state index in [1.54, 1.807) is 0 Å². The third kappa shape index (κ3) is 3.41. The lowest BCUT2D eigenvalue weighted by atomic mass is 10.2. The number of benzene rings is 1. The van der Waals surface area contributed by atoms with Gasteiger partial charge in [-0.05, 0) is 17.4 Å². The van der Waals surface area contributed by atoms with Gasteiger partial charge >= 0.3 is 0 Å². The third-order valence-electron chi connectivity index (χ3n) is 1.84. The highest BCUT2D eigenvalue weighted by molar-refractivity contribution is 8.14. The molecule has 3 nitrogen and oxygen atoms in total. The molecule has 0 unspecified atom stereocenters. The summed E-state index contributed by atoms with van der Waals surface area (Å²) in [7, 11) is 0. The quantitative estimate of drug-likeness (QED) is 0.565. The highest BCUT2D eigenvalue weighted by Crippen LogP contribution is 2.26. The van der Waals surface area contributed by atoms with Crippen LogP contribution in [0, 0.1) is 5.41 Å². The zero-order valence-corrected chi connectivity index (χ0v) is 10.1. The fourth-order valence-corrected chi connectivity index (χ4v) is 1.86. The molecule has 0 saturated carbocycles. The summed E-state index contributed by atoms with van der Waals surface area (Å²) in [6.07, 6.45) is 0. The number of rotatable bonds is 3. The van der Waals surface area contributed by atoms with Gasteiger partial charge in [-0.15, -0.1) is 0 Å². The molecule has 15 heavy (non-hydrogen) atoms. The van der Waals surface area contributed by atoms with E-state index in [1.165, 1.54) is 11.8 Å². The van der Waals surface area contributed by atoms with Crippen molar-refractivity contribution in [2.45, 2.75) is 13.5 Å². The van der Waals surface area contributed by atoms with Crippen molar-refractivity contribution in [3.8, 4) is 0 Å². The maximum Gasteiger partial charge on any atom is 0.158 e. The van der Waals surface area contributed by atoms with Crippen molar-refractivity contribution in [2.24, 2.45) is 5.73 Å². The summed E-state index contributed by atoms with van der Waals surface area (Å²) in [5.74, 6) is 0.861. The number of nitrogens with two attached hydrogens (primary N) is 1. The van der Waals surface area contributed by atoms with Gasteiger partial charge in [0.2, 0.25) is 0 Å². The summed E-state index contributed by atoms with van der Waals surface area (Å²) in [6, 6.07) is 5.59. The van der Waals surface area contributed by atoms with E-state index in [-0.39, 0.29) is 0 Å². The minimum absolute atomic E-state index is 0.397. The predicted octanol–water partition coefficient (Wildman–Crippen LogP) is 2.90. The molecule has 0 heterocycles. The fourth-order valence-electron chi connectivity index (χ4n) is 1.14. The highest BCUT2D eigenvalue weighted by atomic mass is 35.5. The summed E-state index contributed by atoms with van der Waals surface area (Å²) in [5.41, 5.74) is 7.16. The third-order valence-corrected chi connectivity index (χ3v) is 2.96. The molecule has 0 aliphatic heterocycles. The van der Waals surface area contributed by atoms with Crippen LogP contribution >= 0.6 is 23.4 Å². The Labute approximate surface area is 98.9 Å². The van der Waals surface area contributed by atoms with Gasteiger partial charge in [0.05, 0.1) is 10.7 Å². The zero-order valence-electron chi connectivity index (χ0n) is 8.51. The smallest absolute Gasteiger partial charge is 0.158 e. The van der Waals surface area contributed by atoms with Gasteiger partial charge in [0, 0.05) is 6.54 Å². The molecule has 4 N–H and O–H groups in total. The van der Waals surface area contributed by atoms with Gasteiger partial charge in [-0.3, -0.25) is 5.41 Å². The molecule has 1 aromatic carbocycles. The van der Waals surface area contributed by atoms with Crippen molar-refractivity contribution >= 4 is 34.2 Å². The average molecular weight is 244 g/mol. The fraction of sp³-hybridized carbons (Fsp3) is 0.300. The largest absolute Gasteiger partial charge is 0.334 e. The Bertz CT molecular complexity index is 355. The number of hydrogen-bond acceptors (Lipinski definition) is 3. The number of nitrogens with one attached hydrogen (secondary N) is 2. The van der Waals surface area contributed by atoms with Crippen LogP contribution in [-0.4, -0.2) is 10.9 Å². The van der Waals surface area contributed by atoms with E-state index >= 15 is 0 Å². The Hall–Kier alpha value is -0.710. The van der Waals surface area contributed by atoms with Crippen LogP contribution in [0.2, 0.25) is 5.02 Å². The molecule has 0 spiro atoms. The van der Waals surface area contributed by atoms with Crippen LogP contribution in [-0.2, 0) is 6.54 Å². The molecule has 1 aromatic rings. The van der Waals surface area contributed by atoms with Crippen LogP contribution in [0.1, 0.15) is 12.5 Å². The molecule has 0 atom stereocenters. The van der Waals surface area contributed by atoms with Crippen molar-refractivity contribution in [3.63, 3.8) is 0 Å². The number of thioether (sulfide) groups is 1. The molecule has 0 aromatic heterocycles. The van der Waals surface area contributed by atoms with Crippen molar-refractivity contribution in [1.82, 2.24) is 0 Å². The molecule has 82 valence electrons. The van der Waals surface area contributed by atoms with Crippen molar-refractivity contribution in [1.29, 1.82) is 5.41 Å². The lowest BCUT2D eigenvalue weighted by molar-refractivity contribution is 1.07. The number of halogens is 1. The van der Waals surface area contributed by atoms with E-state index in [0.29, 0.717) is 16.7 Å². The number of hydrogen-bond donors (Lipinski definition) is 3. The second-order valence-corrected chi connectivity index (χ2v) is 4.52. The summed E-state index contributed by atoms with van der Waals surface area (Å²) >= 11 is 7.54. The van der Waals surface area contributed by atoms with E-state index in [4.69, 9.17) is 22.7 Å². The van der Waals surface area contributed by atoms with Crippen LogP contribution in [0.15, 0.2) is 18.2 Å². The molecule has 5 heteroatoms. The Balaban J connectivity index is 2.81. The van der Waals surface area contributed by atoms with Crippen molar-refractivity contribution in [2.75, 3.05) is 11.1 Å². The molecule has 0 radical (unpaired) electrons.